The van der Waals surface area contributed by atoms with Gasteiger partial charge in [-0.2, -0.15) is 0 Å². The summed E-state index contributed by atoms with van der Waals surface area (Å²) in [6, 6.07) is 0. The summed E-state index contributed by atoms with van der Waals surface area (Å²) in [7, 11) is 0. The molecular formula is C17H26O7. The highest BCUT2D eigenvalue weighted by Crippen LogP contribution is 2.41. The number of ether oxygens (including phenoxy) is 5. The first kappa shape index (κ1) is 18.7. The second-order valence-corrected chi connectivity index (χ2v) is 7.12. The van der Waals surface area contributed by atoms with Crippen molar-refractivity contribution in [1.29, 1.82) is 0 Å². The molecule has 0 amide bonds. The van der Waals surface area contributed by atoms with E-state index in [-0.39, 0.29) is 12.0 Å². The van der Waals surface area contributed by atoms with E-state index in [0.717, 1.165) is 12.5 Å². The molecule has 0 aliphatic carbocycles. The Balaban J connectivity index is 1.93. The van der Waals surface area contributed by atoms with Crippen LogP contribution in [0, 0.1) is 5.41 Å². The van der Waals surface area contributed by atoms with Crippen LogP contribution in [0.1, 0.15) is 40.5 Å². The van der Waals surface area contributed by atoms with Gasteiger partial charge in [0.05, 0.1) is 18.6 Å². The third-order valence-corrected chi connectivity index (χ3v) is 5.06. The number of hydrogen-bond acceptors (Lipinski definition) is 7. The van der Waals surface area contributed by atoms with Gasteiger partial charge < -0.3 is 23.7 Å². The van der Waals surface area contributed by atoms with Gasteiger partial charge in [0.1, 0.15) is 12.2 Å². The molecule has 0 aromatic carbocycles. The van der Waals surface area contributed by atoms with Crippen LogP contribution in [0.4, 0.5) is 4.79 Å². The number of hydrogen-bond donors (Lipinski definition) is 0. The fourth-order valence-electron chi connectivity index (χ4n) is 2.67. The summed E-state index contributed by atoms with van der Waals surface area (Å²) in [5.74, 6) is -0.464. The quantitative estimate of drug-likeness (QED) is 0.542. The lowest BCUT2D eigenvalue weighted by atomic mass is 9.83. The number of cyclic esters (lactones) is 2. The Kier molecular flexibility index (Phi) is 5.25. The topological polar surface area (TPSA) is 80.3 Å². The van der Waals surface area contributed by atoms with Crippen molar-refractivity contribution in [3.8, 4) is 0 Å². The zero-order valence-electron chi connectivity index (χ0n) is 14.8. The molecule has 2 rings (SSSR count). The maximum atomic E-state index is 11.5. The molecule has 0 spiro atoms. The Bertz CT molecular complexity index is 505. The van der Waals surface area contributed by atoms with Gasteiger partial charge in [-0.25, -0.2) is 9.59 Å². The van der Waals surface area contributed by atoms with Gasteiger partial charge in [-0.3, -0.25) is 0 Å². The SMILES string of the molecule is C=CC(=O)OCC1(CC)COC(CC2(C)OC(=O)OC2(C)C)OC1. The minimum Gasteiger partial charge on any atom is -0.462 e. The number of carbonyl (C=O) groups excluding carboxylic acids is 2. The van der Waals surface area contributed by atoms with Crippen molar-refractivity contribution < 1.29 is 33.3 Å². The van der Waals surface area contributed by atoms with Gasteiger partial charge in [-0.05, 0) is 27.2 Å². The molecule has 2 fully saturated rings. The molecule has 1 unspecified atom stereocenters. The van der Waals surface area contributed by atoms with Crippen LogP contribution in [-0.4, -0.2) is 49.4 Å². The molecule has 0 aromatic rings. The summed E-state index contributed by atoms with van der Waals surface area (Å²) < 4.78 is 27.3. The van der Waals surface area contributed by atoms with Crippen LogP contribution in [0.3, 0.4) is 0 Å². The van der Waals surface area contributed by atoms with E-state index in [9.17, 15) is 9.59 Å². The molecule has 7 nitrogen and oxygen atoms in total. The molecular weight excluding hydrogens is 316 g/mol. The first-order valence-electron chi connectivity index (χ1n) is 8.10. The average molecular weight is 342 g/mol. The highest BCUT2D eigenvalue weighted by Gasteiger charge is 2.56. The summed E-state index contributed by atoms with van der Waals surface area (Å²) >= 11 is 0. The molecule has 0 saturated carbocycles. The maximum Gasteiger partial charge on any atom is 0.509 e. The maximum absolute atomic E-state index is 11.5. The van der Waals surface area contributed by atoms with Crippen LogP contribution in [0.25, 0.3) is 0 Å². The van der Waals surface area contributed by atoms with Crippen LogP contribution < -0.4 is 0 Å². The Morgan fingerprint density at radius 1 is 1.29 bits per heavy atom. The van der Waals surface area contributed by atoms with E-state index in [1.54, 1.807) is 20.8 Å². The van der Waals surface area contributed by atoms with E-state index in [2.05, 4.69) is 6.58 Å². The summed E-state index contributed by atoms with van der Waals surface area (Å²) in [5, 5.41) is 0. The third-order valence-electron chi connectivity index (χ3n) is 5.06. The Labute approximate surface area is 142 Å². The van der Waals surface area contributed by atoms with E-state index in [0.29, 0.717) is 19.6 Å². The van der Waals surface area contributed by atoms with Gasteiger partial charge in [-0.1, -0.05) is 13.5 Å². The highest BCUT2D eigenvalue weighted by atomic mass is 16.8. The van der Waals surface area contributed by atoms with Crippen molar-refractivity contribution in [2.75, 3.05) is 19.8 Å². The fourth-order valence-corrected chi connectivity index (χ4v) is 2.67. The lowest BCUT2D eigenvalue weighted by Crippen LogP contribution is -2.51. The molecule has 2 aliphatic rings. The van der Waals surface area contributed by atoms with E-state index in [4.69, 9.17) is 23.7 Å². The van der Waals surface area contributed by atoms with E-state index in [1.165, 1.54) is 0 Å². The van der Waals surface area contributed by atoms with Crippen molar-refractivity contribution in [1.82, 2.24) is 0 Å². The summed E-state index contributed by atoms with van der Waals surface area (Å²) in [6.45, 7) is 11.8. The molecule has 136 valence electrons. The Hall–Kier alpha value is -1.60. The minimum absolute atomic E-state index is 0.210. The van der Waals surface area contributed by atoms with Gasteiger partial charge in [0.2, 0.25) is 0 Å². The zero-order valence-corrected chi connectivity index (χ0v) is 14.8. The number of rotatable bonds is 6. The smallest absolute Gasteiger partial charge is 0.462 e. The fraction of sp³-hybridized carbons (Fsp3) is 0.765. The lowest BCUT2D eigenvalue weighted by Gasteiger charge is -2.42. The first-order valence-corrected chi connectivity index (χ1v) is 8.10. The molecule has 0 aromatic heterocycles. The summed E-state index contributed by atoms with van der Waals surface area (Å²) in [6.07, 6.45) is 1.04. The monoisotopic (exact) mass is 342 g/mol. The molecule has 2 aliphatic heterocycles. The van der Waals surface area contributed by atoms with Crippen molar-refractivity contribution >= 4 is 12.1 Å². The van der Waals surface area contributed by atoms with Crippen molar-refractivity contribution in [2.24, 2.45) is 5.41 Å². The van der Waals surface area contributed by atoms with Crippen molar-refractivity contribution in [3.63, 3.8) is 0 Å². The average Bonchev–Trinajstić information content (AvgIpc) is 2.73. The van der Waals surface area contributed by atoms with Gasteiger partial charge in [-0.15, -0.1) is 0 Å². The van der Waals surface area contributed by atoms with E-state index < -0.39 is 29.6 Å². The Morgan fingerprint density at radius 2 is 1.92 bits per heavy atom. The van der Waals surface area contributed by atoms with E-state index in [1.807, 2.05) is 6.92 Å². The van der Waals surface area contributed by atoms with Gasteiger partial charge in [0.15, 0.2) is 11.9 Å². The normalized spacial score (nSPS) is 35.0. The van der Waals surface area contributed by atoms with Crippen LogP contribution in [0.2, 0.25) is 0 Å². The molecule has 0 bridgehead atoms. The van der Waals surface area contributed by atoms with Crippen LogP contribution >= 0.6 is 0 Å². The largest absolute Gasteiger partial charge is 0.509 e. The molecule has 0 N–H and O–H groups in total. The minimum atomic E-state index is -0.837. The zero-order chi connectivity index (χ0) is 18.0. The van der Waals surface area contributed by atoms with Crippen molar-refractivity contribution in [3.05, 3.63) is 12.7 Å². The van der Waals surface area contributed by atoms with Gasteiger partial charge in [0.25, 0.3) is 0 Å². The summed E-state index contributed by atoms with van der Waals surface area (Å²) in [4.78, 5) is 22.7. The molecule has 2 heterocycles. The Morgan fingerprint density at radius 3 is 2.38 bits per heavy atom. The lowest BCUT2D eigenvalue weighted by molar-refractivity contribution is -0.255. The highest BCUT2D eigenvalue weighted by molar-refractivity contribution is 5.81. The molecule has 0 radical (unpaired) electrons. The first-order chi connectivity index (χ1) is 11.2. The molecule has 7 heteroatoms. The van der Waals surface area contributed by atoms with Crippen LogP contribution in [-0.2, 0) is 28.5 Å². The van der Waals surface area contributed by atoms with E-state index >= 15 is 0 Å². The molecule has 24 heavy (non-hydrogen) atoms. The number of esters is 1. The molecule has 2 saturated heterocycles. The van der Waals surface area contributed by atoms with Crippen LogP contribution in [0.15, 0.2) is 12.7 Å². The van der Waals surface area contributed by atoms with Crippen molar-refractivity contribution in [2.45, 2.75) is 58.0 Å². The van der Waals surface area contributed by atoms with Crippen LogP contribution in [0.5, 0.6) is 0 Å². The second kappa shape index (κ2) is 6.72. The predicted molar refractivity (Wildman–Crippen MR) is 84.2 cm³/mol. The van der Waals surface area contributed by atoms with Gasteiger partial charge in [0, 0.05) is 12.5 Å². The standard InChI is InChI=1S/C17H26O7/c1-6-12(18)20-9-17(7-2)10-21-13(22-11-17)8-16(5)15(3,4)23-14(19)24-16/h6,13H,1,7-11H2,2-5H3. The second-order valence-electron chi connectivity index (χ2n) is 7.12. The van der Waals surface area contributed by atoms with Gasteiger partial charge >= 0.3 is 12.1 Å². The summed E-state index contributed by atoms with van der Waals surface area (Å²) in [5.41, 5.74) is -1.99. The predicted octanol–water partition coefficient (Wildman–Crippen LogP) is 2.58. The number of carbonyl (C=O) groups is 2. The molecule has 1 atom stereocenters. The third kappa shape index (κ3) is 3.72.